The zero-order chi connectivity index (χ0) is 18.2. The van der Waals surface area contributed by atoms with Crippen molar-refractivity contribution in [1.29, 1.82) is 0 Å². The van der Waals surface area contributed by atoms with Gasteiger partial charge in [0.05, 0.1) is 20.6 Å². The van der Waals surface area contributed by atoms with Gasteiger partial charge in [0.2, 0.25) is 11.8 Å². The molecule has 2 aromatic rings. The minimum Gasteiger partial charge on any atom is -0.481 e. The number of nitrogens with zero attached hydrogens (tertiary/aromatic N) is 1. The maximum absolute atomic E-state index is 12.9. The van der Waals surface area contributed by atoms with E-state index in [1.807, 2.05) is 0 Å². The van der Waals surface area contributed by atoms with Gasteiger partial charge in [-0.2, -0.15) is 0 Å². The van der Waals surface area contributed by atoms with Crippen LogP contribution < -0.4 is 10.1 Å². The van der Waals surface area contributed by atoms with E-state index >= 15 is 0 Å². The standard InChI is InChI=1S/C18H19FN2O4/c1-24-17-8-5-13(11-20-17)9-15(18(23)25-2)21-16(22)10-12-3-6-14(19)7-4-12/h3-8,11,15H,9-10H2,1-2H3,(H,21,22)/t15-/m1/s1. The van der Waals surface area contributed by atoms with Gasteiger partial charge in [-0.05, 0) is 23.3 Å². The number of rotatable bonds is 7. The van der Waals surface area contributed by atoms with Crippen LogP contribution in [0, 0.1) is 5.82 Å². The summed E-state index contributed by atoms with van der Waals surface area (Å²) < 4.78 is 22.6. The van der Waals surface area contributed by atoms with Gasteiger partial charge in [-0.25, -0.2) is 14.2 Å². The number of benzene rings is 1. The van der Waals surface area contributed by atoms with Crippen molar-refractivity contribution in [1.82, 2.24) is 10.3 Å². The Balaban J connectivity index is 2.02. The molecule has 7 heteroatoms. The maximum atomic E-state index is 12.9. The number of pyridine rings is 1. The van der Waals surface area contributed by atoms with Crippen LogP contribution in [0.4, 0.5) is 4.39 Å². The molecule has 0 saturated heterocycles. The highest BCUT2D eigenvalue weighted by Crippen LogP contribution is 2.10. The lowest BCUT2D eigenvalue weighted by Crippen LogP contribution is -2.43. The molecular weight excluding hydrogens is 327 g/mol. The van der Waals surface area contributed by atoms with Gasteiger partial charge in [-0.1, -0.05) is 18.2 Å². The van der Waals surface area contributed by atoms with Crippen molar-refractivity contribution in [3.05, 3.63) is 59.5 Å². The summed E-state index contributed by atoms with van der Waals surface area (Å²) in [5.41, 5.74) is 1.40. The Morgan fingerprint density at radius 3 is 2.36 bits per heavy atom. The molecule has 0 saturated carbocycles. The number of aromatic nitrogens is 1. The van der Waals surface area contributed by atoms with E-state index < -0.39 is 12.0 Å². The number of hydrogen-bond acceptors (Lipinski definition) is 5. The van der Waals surface area contributed by atoms with Crippen molar-refractivity contribution in [2.24, 2.45) is 0 Å². The minimum atomic E-state index is -0.840. The van der Waals surface area contributed by atoms with Gasteiger partial charge in [-0.15, -0.1) is 0 Å². The first-order chi connectivity index (χ1) is 12.0. The third-order valence-corrected chi connectivity index (χ3v) is 3.55. The summed E-state index contributed by atoms with van der Waals surface area (Å²) in [6.45, 7) is 0. The highest BCUT2D eigenvalue weighted by molar-refractivity contribution is 5.85. The number of halogens is 1. The van der Waals surface area contributed by atoms with Gasteiger partial charge in [0.15, 0.2) is 0 Å². The lowest BCUT2D eigenvalue weighted by molar-refractivity contribution is -0.145. The van der Waals surface area contributed by atoms with E-state index in [0.29, 0.717) is 11.4 Å². The fourth-order valence-corrected chi connectivity index (χ4v) is 2.26. The van der Waals surface area contributed by atoms with Crippen LogP contribution in [0.5, 0.6) is 5.88 Å². The normalized spacial score (nSPS) is 11.5. The second-order valence-corrected chi connectivity index (χ2v) is 5.36. The van der Waals surface area contributed by atoms with Gasteiger partial charge in [-0.3, -0.25) is 4.79 Å². The van der Waals surface area contributed by atoms with Crippen molar-refractivity contribution < 1.29 is 23.5 Å². The summed E-state index contributed by atoms with van der Waals surface area (Å²) in [6, 6.07) is 8.20. The summed E-state index contributed by atoms with van der Waals surface area (Å²) in [4.78, 5) is 28.2. The molecule has 1 heterocycles. The Bertz CT molecular complexity index is 717. The number of ether oxygens (including phenoxy) is 2. The third kappa shape index (κ3) is 5.56. The topological polar surface area (TPSA) is 77.5 Å². The number of nitrogens with one attached hydrogen (secondary N) is 1. The molecule has 0 spiro atoms. The molecule has 0 fully saturated rings. The number of esters is 1. The minimum absolute atomic E-state index is 0.0363. The molecule has 1 aromatic carbocycles. The molecule has 132 valence electrons. The number of hydrogen-bond donors (Lipinski definition) is 1. The lowest BCUT2D eigenvalue weighted by atomic mass is 10.1. The quantitative estimate of drug-likeness (QED) is 0.772. The van der Waals surface area contributed by atoms with E-state index in [2.05, 4.69) is 10.3 Å². The number of carbonyl (C=O) groups is 2. The monoisotopic (exact) mass is 346 g/mol. The molecule has 1 amide bonds. The van der Waals surface area contributed by atoms with Crippen molar-refractivity contribution in [2.75, 3.05) is 14.2 Å². The van der Waals surface area contributed by atoms with Gasteiger partial charge in [0.25, 0.3) is 0 Å². The van der Waals surface area contributed by atoms with E-state index in [9.17, 15) is 14.0 Å². The Kier molecular flexibility index (Phi) is 6.45. The molecular formula is C18H19FN2O4. The first-order valence-corrected chi connectivity index (χ1v) is 7.62. The Morgan fingerprint density at radius 1 is 1.12 bits per heavy atom. The van der Waals surface area contributed by atoms with Crippen molar-refractivity contribution >= 4 is 11.9 Å². The molecule has 0 aliphatic heterocycles. The summed E-state index contributed by atoms with van der Waals surface area (Å²) >= 11 is 0. The van der Waals surface area contributed by atoms with Crippen LogP contribution in [0.3, 0.4) is 0 Å². The molecule has 0 aliphatic rings. The van der Waals surface area contributed by atoms with Crippen LogP contribution in [-0.4, -0.2) is 37.1 Å². The predicted octanol–water partition coefficient (Wildman–Crippen LogP) is 1.67. The predicted molar refractivity (Wildman–Crippen MR) is 88.5 cm³/mol. The largest absolute Gasteiger partial charge is 0.481 e. The Hall–Kier alpha value is -2.96. The van der Waals surface area contributed by atoms with E-state index in [4.69, 9.17) is 9.47 Å². The average Bonchev–Trinajstić information content (AvgIpc) is 2.63. The second-order valence-electron chi connectivity index (χ2n) is 5.36. The fraction of sp³-hybridized carbons (Fsp3) is 0.278. The van der Waals surface area contributed by atoms with Crippen molar-refractivity contribution in [3.8, 4) is 5.88 Å². The van der Waals surface area contributed by atoms with Crippen LogP contribution in [0.1, 0.15) is 11.1 Å². The Morgan fingerprint density at radius 2 is 1.80 bits per heavy atom. The smallest absolute Gasteiger partial charge is 0.328 e. The van der Waals surface area contributed by atoms with Crippen LogP contribution in [0.25, 0.3) is 0 Å². The molecule has 0 bridgehead atoms. The van der Waals surface area contributed by atoms with E-state index in [-0.39, 0.29) is 24.6 Å². The lowest BCUT2D eigenvalue weighted by Gasteiger charge is -2.16. The number of methoxy groups -OCH3 is 2. The average molecular weight is 346 g/mol. The summed E-state index contributed by atoms with van der Waals surface area (Å²) in [5, 5.41) is 2.64. The van der Waals surface area contributed by atoms with Crippen LogP contribution in [0.15, 0.2) is 42.6 Å². The molecule has 0 radical (unpaired) electrons. The highest BCUT2D eigenvalue weighted by Gasteiger charge is 2.22. The van der Waals surface area contributed by atoms with E-state index in [0.717, 1.165) is 5.56 Å². The van der Waals surface area contributed by atoms with Gasteiger partial charge in [0.1, 0.15) is 11.9 Å². The van der Waals surface area contributed by atoms with Crippen LogP contribution >= 0.6 is 0 Å². The second kappa shape index (κ2) is 8.77. The fourth-order valence-electron chi connectivity index (χ4n) is 2.26. The first kappa shape index (κ1) is 18.4. The molecule has 1 aromatic heterocycles. The molecule has 0 unspecified atom stereocenters. The zero-order valence-corrected chi connectivity index (χ0v) is 14.0. The third-order valence-electron chi connectivity index (χ3n) is 3.55. The summed E-state index contributed by atoms with van der Waals surface area (Å²) in [7, 11) is 2.77. The number of amides is 1. The highest BCUT2D eigenvalue weighted by atomic mass is 19.1. The molecule has 1 N–H and O–H groups in total. The van der Waals surface area contributed by atoms with Crippen LogP contribution in [-0.2, 0) is 27.2 Å². The zero-order valence-electron chi connectivity index (χ0n) is 14.0. The van der Waals surface area contributed by atoms with Gasteiger partial charge < -0.3 is 14.8 Å². The van der Waals surface area contributed by atoms with E-state index in [1.54, 1.807) is 18.3 Å². The van der Waals surface area contributed by atoms with Gasteiger partial charge in [0, 0.05) is 18.7 Å². The molecule has 25 heavy (non-hydrogen) atoms. The summed E-state index contributed by atoms with van der Waals surface area (Å²) in [5.74, 6) is -0.825. The molecule has 2 rings (SSSR count). The molecule has 6 nitrogen and oxygen atoms in total. The van der Waals surface area contributed by atoms with Crippen molar-refractivity contribution in [3.63, 3.8) is 0 Å². The van der Waals surface area contributed by atoms with Crippen molar-refractivity contribution in [2.45, 2.75) is 18.9 Å². The Labute approximate surface area is 145 Å². The first-order valence-electron chi connectivity index (χ1n) is 7.62. The van der Waals surface area contributed by atoms with E-state index in [1.165, 1.54) is 38.5 Å². The summed E-state index contributed by atoms with van der Waals surface area (Å²) in [6.07, 6.45) is 1.84. The SMILES string of the molecule is COC(=O)[C@@H](Cc1ccc(OC)nc1)NC(=O)Cc1ccc(F)cc1. The van der Waals surface area contributed by atoms with Gasteiger partial charge >= 0.3 is 5.97 Å². The maximum Gasteiger partial charge on any atom is 0.328 e. The van der Waals surface area contributed by atoms with Crippen LogP contribution in [0.2, 0.25) is 0 Å². The molecule has 1 atom stereocenters. The number of carbonyl (C=O) groups excluding carboxylic acids is 2. The molecule has 0 aliphatic carbocycles.